The van der Waals surface area contributed by atoms with E-state index in [0.29, 0.717) is 24.5 Å². The number of rotatable bonds is 2. The van der Waals surface area contributed by atoms with E-state index in [1.807, 2.05) is 6.07 Å². The third-order valence-corrected chi connectivity index (χ3v) is 4.96. The molecule has 1 aliphatic rings. The van der Waals surface area contributed by atoms with Crippen LogP contribution in [0.15, 0.2) is 35.2 Å². The van der Waals surface area contributed by atoms with Gasteiger partial charge >= 0.3 is 0 Å². The summed E-state index contributed by atoms with van der Waals surface area (Å²) < 4.78 is 25.9. The molecule has 1 aliphatic heterocycles. The molecule has 0 spiro atoms. The SMILES string of the molecule is O=S(=O)(c1ccccc1)N1CCN[C@@H](Br)C1. The predicted molar refractivity (Wildman–Crippen MR) is 65.9 cm³/mol. The molecule has 2 rings (SSSR count). The maximum atomic E-state index is 12.2. The Hall–Kier alpha value is -0.430. The summed E-state index contributed by atoms with van der Waals surface area (Å²) in [7, 11) is -3.33. The van der Waals surface area contributed by atoms with Crippen LogP contribution in [0.5, 0.6) is 0 Å². The van der Waals surface area contributed by atoms with Gasteiger partial charge in [-0.1, -0.05) is 34.1 Å². The molecule has 1 fully saturated rings. The monoisotopic (exact) mass is 304 g/mol. The van der Waals surface area contributed by atoms with Gasteiger partial charge in [0.25, 0.3) is 0 Å². The van der Waals surface area contributed by atoms with Crippen molar-refractivity contribution in [1.82, 2.24) is 9.62 Å². The maximum Gasteiger partial charge on any atom is 0.243 e. The summed E-state index contributed by atoms with van der Waals surface area (Å²) in [5.74, 6) is 0. The molecule has 1 N–H and O–H groups in total. The number of benzene rings is 1. The second-order valence-electron chi connectivity index (χ2n) is 3.60. The lowest BCUT2D eigenvalue weighted by molar-refractivity contribution is 0.348. The molecule has 0 aromatic heterocycles. The van der Waals surface area contributed by atoms with Crippen LogP contribution in [0.4, 0.5) is 0 Å². The van der Waals surface area contributed by atoms with Gasteiger partial charge in [0.15, 0.2) is 0 Å². The van der Waals surface area contributed by atoms with Gasteiger partial charge in [0.1, 0.15) is 0 Å². The largest absolute Gasteiger partial charge is 0.302 e. The molecule has 0 radical (unpaired) electrons. The minimum atomic E-state index is -3.33. The number of sulfonamides is 1. The third kappa shape index (κ3) is 2.45. The Kier molecular flexibility index (Phi) is 3.63. The molecular formula is C10H13BrN2O2S. The van der Waals surface area contributed by atoms with Gasteiger partial charge in [-0.05, 0) is 12.1 Å². The van der Waals surface area contributed by atoms with Gasteiger partial charge in [-0.15, -0.1) is 0 Å². The van der Waals surface area contributed by atoms with Crippen LogP contribution < -0.4 is 5.32 Å². The molecule has 1 saturated heterocycles. The van der Waals surface area contributed by atoms with Crippen LogP contribution in [0.25, 0.3) is 0 Å². The summed E-state index contributed by atoms with van der Waals surface area (Å²) in [4.78, 5) is 0.385. The summed E-state index contributed by atoms with van der Waals surface area (Å²) in [5.41, 5.74) is 0. The summed E-state index contributed by atoms with van der Waals surface area (Å²) >= 11 is 3.38. The van der Waals surface area contributed by atoms with E-state index in [1.165, 1.54) is 4.31 Å². The normalized spacial score (nSPS) is 23.2. The van der Waals surface area contributed by atoms with Crippen LogP contribution >= 0.6 is 15.9 Å². The third-order valence-electron chi connectivity index (χ3n) is 2.47. The van der Waals surface area contributed by atoms with Crippen molar-refractivity contribution in [1.29, 1.82) is 0 Å². The van der Waals surface area contributed by atoms with E-state index in [4.69, 9.17) is 0 Å². The lowest BCUT2D eigenvalue weighted by Gasteiger charge is -2.29. The number of hydrogen-bond acceptors (Lipinski definition) is 3. The molecule has 88 valence electrons. The molecular weight excluding hydrogens is 292 g/mol. The van der Waals surface area contributed by atoms with Crippen LogP contribution in [0.1, 0.15) is 0 Å². The number of halogens is 1. The Morgan fingerprint density at radius 2 is 2.00 bits per heavy atom. The quantitative estimate of drug-likeness (QED) is 0.655. The van der Waals surface area contributed by atoms with Gasteiger partial charge in [0.05, 0.1) is 9.85 Å². The zero-order chi connectivity index (χ0) is 11.6. The zero-order valence-corrected chi connectivity index (χ0v) is 11.0. The molecule has 1 aromatic rings. The average Bonchev–Trinajstić information content (AvgIpc) is 2.30. The second kappa shape index (κ2) is 4.83. The molecule has 1 aromatic carbocycles. The molecule has 4 nitrogen and oxygen atoms in total. The molecule has 0 bridgehead atoms. The van der Waals surface area contributed by atoms with Crippen molar-refractivity contribution in [3.63, 3.8) is 0 Å². The fourth-order valence-electron chi connectivity index (χ4n) is 1.64. The minimum Gasteiger partial charge on any atom is -0.302 e. The van der Waals surface area contributed by atoms with Gasteiger partial charge in [0, 0.05) is 19.6 Å². The number of nitrogens with zero attached hydrogens (tertiary/aromatic N) is 1. The smallest absolute Gasteiger partial charge is 0.243 e. The van der Waals surface area contributed by atoms with Crippen molar-refractivity contribution < 1.29 is 8.42 Å². The van der Waals surface area contributed by atoms with Crippen LogP contribution in [-0.2, 0) is 10.0 Å². The fourth-order valence-corrected chi connectivity index (χ4v) is 3.89. The Balaban J connectivity index is 2.26. The molecule has 1 atom stereocenters. The van der Waals surface area contributed by atoms with Crippen molar-refractivity contribution in [3.8, 4) is 0 Å². The highest BCUT2D eigenvalue weighted by molar-refractivity contribution is 9.09. The van der Waals surface area contributed by atoms with Crippen LogP contribution in [0, 0.1) is 0 Å². The first-order valence-electron chi connectivity index (χ1n) is 5.03. The van der Waals surface area contributed by atoms with E-state index in [9.17, 15) is 8.42 Å². The van der Waals surface area contributed by atoms with Gasteiger partial charge < -0.3 is 5.32 Å². The van der Waals surface area contributed by atoms with E-state index in [0.717, 1.165) is 0 Å². The fraction of sp³-hybridized carbons (Fsp3) is 0.400. The van der Waals surface area contributed by atoms with E-state index >= 15 is 0 Å². The number of hydrogen-bond donors (Lipinski definition) is 1. The Morgan fingerprint density at radius 1 is 1.31 bits per heavy atom. The first-order chi connectivity index (χ1) is 7.60. The van der Waals surface area contributed by atoms with Crippen molar-refractivity contribution in [3.05, 3.63) is 30.3 Å². The molecule has 1 heterocycles. The average molecular weight is 305 g/mol. The number of piperazine rings is 1. The summed E-state index contributed by atoms with van der Waals surface area (Å²) in [6, 6.07) is 8.53. The highest BCUT2D eigenvalue weighted by atomic mass is 79.9. The minimum absolute atomic E-state index is 0.0275. The number of nitrogens with one attached hydrogen (secondary N) is 1. The topological polar surface area (TPSA) is 49.4 Å². The molecule has 0 saturated carbocycles. The maximum absolute atomic E-state index is 12.2. The van der Waals surface area contributed by atoms with Gasteiger partial charge in [-0.2, -0.15) is 4.31 Å². The Labute approximate surface area is 104 Å². The zero-order valence-electron chi connectivity index (χ0n) is 8.64. The number of alkyl halides is 1. The van der Waals surface area contributed by atoms with Crippen molar-refractivity contribution in [2.45, 2.75) is 9.85 Å². The first kappa shape index (κ1) is 12.0. The van der Waals surface area contributed by atoms with Crippen molar-refractivity contribution in [2.75, 3.05) is 19.6 Å². The summed E-state index contributed by atoms with van der Waals surface area (Å²) in [6.07, 6.45) is 0. The van der Waals surface area contributed by atoms with E-state index in [2.05, 4.69) is 21.2 Å². The van der Waals surface area contributed by atoms with Crippen LogP contribution in [0.2, 0.25) is 0 Å². The van der Waals surface area contributed by atoms with Crippen LogP contribution in [-0.4, -0.2) is 37.3 Å². The van der Waals surface area contributed by atoms with E-state index in [1.54, 1.807) is 24.3 Å². The van der Waals surface area contributed by atoms with Crippen molar-refractivity contribution in [2.24, 2.45) is 0 Å². The standard InChI is InChI=1S/C10H13BrN2O2S/c11-10-8-13(7-6-12-10)16(14,15)9-4-2-1-3-5-9/h1-5,10,12H,6-8H2/t10-/m1/s1. The highest BCUT2D eigenvalue weighted by Crippen LogP contribution is 2.17. The van der Waals surface area contributed by atoms with Gasteiger partial charge in [0.2, 0.25) is 10.0 Å². The summed E-state index contributed by atoms with van der Waals surface area (Å²) in [5, 5.41) is 3.15. The molecule has 6 heteroatoms. The van der Waals surface area contributed by atoms with E-state index < -0.39 is 10.0 Å². The molecule has 16 heavy (non-hydrogen) atoms. The predicted octanol–water partition coefficient (Wildman–Crippen LogP) is 1.00. The van der Waals surface area contributed by atoms with Crippen molar-refractivity contribution >= 4 is 26.0 Å². The lowest BCUT2D eigenvalue weighted by atomic mass is 10.4. The van der Waals surface area contributed by atoms with Gasteiger partial charge in [-0.25, -0.2) is 8.42 Å². The molecule has 0 aliphatic carbocycles. The molecule has 0 amide bonds. The van der Waals surface area contributed by atoms with E-state index in [-0.39, 0.29) is 4.95 Å². The van der Waals surface area contributed by atoms with Crippen LogP contribution in [0.3, 0.4) is 0 Å². The Morgan fingerprint density at radius 3 is 2.62 bits per heavy atom. The first-order valence-corrected chi connectivity index (χ1v) is 7.39. The second-order valence-corrected chi connectivity index (χ2v) is 6.64. The Bertz CT molecular complexity index is 449. The molecule has 0 unspecified atom stereocenters. The van der Waals surface area contributed by atoms with Gasteiger partial charge in [-0.3, -0.25) is 0 Å². The summed E-state index contributed by atoms with van der Waals surface area (Å²) in [6.45, 7) is 1.64. The lowest BCUT2D eigenvalue weighted by Crippen LogP contribution is -2.49. The highest BCUT2D eigenvalue weighted by Gasteiger charge is 2.28.